The number of carbonyl (C=O) groups excluding carboxylic acids is 1. The maximum atomic E-state index is 14.2. The predicted molar refractivity (Wildman–Crippen MR) is 193 cm³/mol. The van der Waals surface area contributed by atoms with E-state index in [0.717, 1.165) is 0 Å². The standard InChI is InChI=1S/C38H72N2O11/c1-14-29-22(4)31(42)25(7)39-18-20(2)16-37(9,45)34(51-36-32(43)28(40(11)12)15-21(3)47-36)23(5)33(24(6)35(44)49-29)50-30-17-38(10,46-13)27(19-41)26(8)48-30/h20-34,36,39,41-43,45H,14-19H2,1-13H3/t20-,21-,22+,23+,24-,25-,26+,27?,28?,29-,30+,31+,32-,33+,34-,36+,37-,38-/m1/s1. The van der Waals surface area contributed by atoms with E-state index in [9.17, 15) is 25.2 Å². The van der Waals surface area contributed by atoms with E-state index in [1.165, 1.54) is 0 Å². The molecule has 3 aliphatic rings. The first-order chi connectivity index (χ1) is 23.7. The number of nitrogens with one attached hydrogen (secondary N) is 1. The Kier molecular flexibility index (Phi) is 16.2. The van der Waals surface area contributed by atoms with Crippen LogP contribution in [0.2, 0.25) is 0 Å². The first-order valence-electron chi connectivity index (χ1n) is 19.2. The van der Waals surface area contributed by atoms with Gasteiger partial charge in [-0.15, -0.1) is 0 Å². The van der Waals surface area contributed by atoms with Gasteiger partial charge in [0.1, 0.15) is 12.2 Å². The number of rotatable bonds is 8. The summed E-state index contributed by atoms with van der Waals surface area (Å²) >= 11 is 0. The van der Waals surface area contributed by atoms with Crippen LogP contribution in [0.4, 0.5) is 0 Å². The highest BCUT2D eigenvalue weighted by Gasteiger charge is 2.51. The van der Waals surface area contributed by atoms with Crippen LogP contribution < -0.4 is 5.32 Å². The van der Waals surface area contributed by atoms with Crippen molar-refractivity contribution in [3.8, 4) is 0 Å². The molecule has 0 aromatic heterocycles. The third kappa shape index (κ3) is 10.6. The summed E-state index contributed by atoms with van der Waals surface area (Å²) < 4.78 is 38.1. The second kappa shape index (κ2) is 18.6. The van der Waals surface area contributed by atoms with E-state index in [-0.39, 0.29) is 49.0 Å². The molecule has 0 radical (unpaired) electrons. The van der Waals surface area contributed by atoms with E-state index < -0.39 is 78.2 Å². The lowest BCUT2D eigenvalue weighted by atomic mass is 9.77. The van der Waals surface area contributed by atoms with Crippen LogP contribution in [-0.4, -0.2) is 144 Å². The monoisotopic (exact) mass is 733 g/mol. The van der Waals surface area contributed by atoms with E-state index in [2.05, 4.69) is 5.32 Å². The first-order valence-corrected chi connectivity index (χ1v) is 19.2. The van der Waals surface area contributed by atoms with Crippen molar-refractivity contribution in [1.29, 1.82) is 0 Å². The van der Waals surface area contributed by atoms with Gasteiger partial charge >= 0.3 is 5.97 Å². The molecule has 0 aromatic rings. The van der Waals surface area contributed by atoms with Crippen molar-refractivity contribution >= 4 is 5.97 Å². The number of hydrogen-bond donors (Lipinski definition) is 5. The van der Waals surface area contributed by atoms with Gasteiger partial charge in [-0.2, -0.15) is 0 Å². The van der Waals surface area contributed by atoms with Crippen molar-refractivity contribution in [3.63, 3.8) is 0 Å². The van der Waals surface area contributed by atoms with Crippen LogP contribution in [0.1, 0.15) is 94.9 Å². The largest absolute Gasteiger partial charge is 0.462 e. The Hall–Kier alpha value is -0.970. The number of hydrogen-bond acceptors (Lipinski definition) is 13. The number of aliphatic hydroxyl groups excluding tert-OH is 3. The number of likely N-dealkylation sites (N-methyl/N-ethyl adjacent to an activating group) is 1. The molecular formula is C38H72N2O11. The zero-order valence-corrected chi connectivity index (χ0v) is 33.6. The number of aliphatic hydroxyl groups is 4. The molecule has 3 fully saturated rings. The maximum Gasteiger partial charge on any atom is 0.311 e. The molecule has 0 spiro atoms. The van der Waals surface area contributed by atoms with Gasteiger partial charge in [0.2, 0.25) is 0 Å². The number of nitrogens with zero attached hydrogens (tertiary/aromatic N) is 1. The summed E-state index contributed by atoms with van der Waals surface area (Å²) in [6, 6.07) is -0.544. The predicted octanol–water partition coefficient (Wildman–Crippen LogP) is 2.69. The molecule has 5 N–H and O–H groups in total. The zero-order chi connectivity index (χ0) is 38.6. The normalized spacial score (nSPS) is 48.5. The van der Waals surface area contributed by atoms with Crippen LogP contribution in [-0.2, 0) is 33.2 Å². The summed E-state index contributed by atoms with van der Waals surface area (Å²) in [5.74, 6) is -2.77. The molecule has 0 aliphatic carbocycles. The van der Waals surface area contributed by atoms with Gasteiger partial charge in [0, 0.05) is 43.4 Å². The average Bonchev–Trinajstić information content (AvgIpc) is 3.06. The molecule has 300 valence electrons. The quantitative estimate of drug-likeness (QED) is 0.231. The number of methoxy groups -OCH3 is 1. The third-order valence-electron chi connectivity index (χ3n) is 12.1. The molecule has 2 unspecified atom stereocenters. The molecule has 51 heavy (non-hydrogen) atoms. The minimum absolute atomic E-state index is 0.0592. The van der Waals surface area contributed by atoms with Gasteiger partial charge in [0.15, 0.2) is 12.6 Å². The molecule has 3 heterocycles. The second-order valence-corrected chi connectivity index (χ2v) is 16.8. The summed E-state index contributed by atoms with van der Waals surface area (Å²) in [4.78, 5) is 16.1. The third-order valence-corrected chi connectivity index (χ3v) is 12.1. The first kappa shape index (κ1) is 44.4. The van der Waals surface area contributed by atoms with Gasteiger partial charge in [-0.25, -0.2) is 0 Å². The Balaban J connectivity index is 2.13. The molecule has 13 nitrogen and oxygen atoms in total. The molecule has 0 amide bonds. The minimum Gasteiger partial charge on any atom is -0.462 e. The van der Waals surface area contributed by atoms with Crippen LogP contribution in [0.3, 0.4) is 0 Å². The van der Waals surface area contributed by atoms with Crippen LogP contribution in [0.15, 0.2) is 0 Å². The fourth-order valence-electron chi connectivity index (χ4n) is 8.73. The molecule has 0 saturated carbocycles. The van der Waals surface area contributed by atoms with Gasteiger partial charge < -0.3 is 59.1 Å². The van der Waals surface area contributed by atoms with Gasteiger partial charge in [-0.05, 0) is 87.4 Å². The smallest absolute Gasteiger partial charge is 0.311 e. The average molecular weight is 733 g/mol. The van der Waals surface area contributed by atoms with E-state index in [1.54, 1.807) is 21.0 Å². The molecule has 18 atom stereocenters. The Morgan fingerprint density at radius 1 is 0.961 bits per heavy atom. The molecule has 3 rings (SSSR count). The maximum absolute atomic E-state index is 14.2. The Bertz CT molecular complexity index is 1080. The molecule has 0 bridgehead atoms. The van der Waals surface area contributed by atoms with E-state index in [4.69, 9.17) is 28.4 Å². The van der Waals surface area contributed by atoms with Gasteiger partial charge in [0.25, 0.3) is 0 Å². The highest BCUT2D eigenvalue weighted by molar-refractivity contribution is 5.73. The summed E-state index contributed by atoms with van der Waals surface area (Å²) in [6.07, 6.45) is -5.11. The fourth-order valence-corrected chi connectivity index (χ4v) is 8.73. The van der Waals surface area contributed by atoms with E-state index >= 15 is 0 Å². The van der Waals surface area contributed by atoms with E-state index in [1.807, 2.05) is 74.4 Å². The highest BCUT2D eigenvalue weighted by Crippen LogP contribution is 2.41. The minimum atomic E-state index is -1.49. The molecular weight excluding hydrogens is 660 g/mol. The number of carbonyl (C=O) groups is 1. The lowest BCUT2D eigenvalue weighted by molar-refractivity contribution is -0.315. The summed E-state index contributed by atoms with van der Waals surface area (Å²) in [6.45, 7) is 19.2. The fraction of sp³-hybridized carbons (Fsp3) is 0.974. The van der Waals surface area contributed by atoms with Crippen LogP contribution in [0.25, 0.3) is 0 Å². The summed E-state index contributed by atoms with van der Waals surface area (Å²) in [5, 5.41) is 48.9. The Morgan fingerprint density at radius 3 is 2.18 bits per heavy atom. The lowest BCUT2D eigenvalue weighted by Gasteiger charge is -2.49. The lowest BCUT2D eigenvalue weighted by Crippen LogP contribution is -2.60. The molecule has 3 saturated heterocycles. The van der Waals surface area contributed by atoms with Crippen LogP contribution in [0, 0.1) is 29.6 Å². The Morgan fingerprint density at radius 2 is 1.61 bits per heavy atom. The van der Waals surface area contributed by atoms with Gasteiger partial charge in [-0.1, -0.05) is 27.7 Å². The molecule has 3 aliphatic heterocycles. The van der Waals surface area contributed by atoms with Crippen LogP contribution >= 0.6 is 0 Å². The van der Waals surface area contributed by atoms with Crippen molar-refractivity contribution in [2.75, 3.05) is 34.4 Å². The van der Waals surface area contributed by atoms with Crippen LogP contribution in [0.5, 0.6) is 0 Å². The zero-order valence-electron chi connectivity index (χ0n) is 33.6. The van der Waals surface area contributed by atoms with E-state index in [0.29, 0.717) is 25.8 Å². The number of cyclic esters (lactones) is 1. The number of ether oxygens (including phenoxy) is 6. The number of esters is 1. The van der Waals surface area contributed by atoms with Crippen molar-refractivity contribution in [3.05, 3.63) is 0 Å². The molecule has 0 aromatic carbocycles. The Labute approximate surface area is 307 Å². The van der Waals surface area contributed by atoms with Crippen molar-refractivity contribution in [2.45, 2.75) is 174 Å². The van der Waals surface area contributed by atoms with Crippen molar-refractivity contribution < 1.29 is 53.6 Å². The van der Waals surface area contributed by atoms with Crippen molar-refractivity contribution in [1.82, 2.24) is 10.2 Å². The second-order valence-electron chi connectivity index (χ2n) is 16.8. The summed E-state index contributed by atoms with van der Waals surface area (Å²) in [7, 11) is 5.40. The van der Waals surface area contributed by atoms with Crippen molar-refractivity contribution in [2.24, 2.45) is 29.6 Å². The molecule has 13 heteroatoms. The highest BCUT2D eigenvalue weighted by atomic mass is 16.7. The van der Waals surface area contributed by atoms with Gasteiger partial charge in [0.05, 0.1) is 54.2 Å². The topological polar surface area (TPSA) is 169 Å². The SMILES string of the molecule is CC[C@H]1OC(=O)[C@H](C)[C@@H](O[C@H]2C[C@@](C)(OC)C(CO)[C@H](C)O2)[C@H](C)[C@@H](O[C@@H]2O[C@H](C)CC(N(C)C)[C@H]2O)[C@](C)(O)C[C@@H](C)CN[C@H](C)[C@@H](O)[C@H]1C. The van der Waals surface area contributed by atoms with Gasteiger partial charge in [-0.3, -0.25) is 4.79 Å². The summed E-state index contributed by atoms with van der Waals surface area (Å²) in [5.41, 5.74) is -2.27.